The van der Waals surface area contributed by atoms with Gasteiger partial charge in [-0.25, -0.2) is 0 Å². The molecule has 7 aliphatic carbocycles. The van der Waals surface area contributed by atoms with Crippen molar-refractivity contribution in [3.63, 3.8) is 0 Å². The summed E-state index contributed by atoms with van der Waals surface area (Å²) in [7, 11) is 0. The van der Waals surface area contributed by atoms with Gasteiger partial charge in [-0.05, 0) is 209 Å². The Hall–Kier alpha value is -5.46. The second-order valence-electron chi connectivity index (χ2n) is 18.7. The predicted octanol–water partition coefficient (Wildman–Crippen LogP) is 13.9. The summed E-state index contributed by atoms with van der Waals surface area (Å²) in [6, 6.07) is 29.0. The fraction of sp³-hybridized carbons (Fsp3) is 0.208. The molecule has 0 bridgehead atoms. The zero-order chi connectivity index (χ0) is 33.2. The molecule has 0 N–H and O–H groups in total. The molecule has 11 aromatic carbocycles. The molecule has 11 aromatic rings. The first-order valence-corrected chi connectivity index (χ1v) is 20.5. The van der Waals surface area contributed by atoms with Gasteiger partial charge in [0.15, 0.2) is 0 Å². The molecule has 0 radical (unpaired) electrons. The molecule has 0 amide bonds. The number of rotatable bonds is 2. The van der Waals surface area contributed by atoms with Crippen LogP contribution in [0.5, 0.6) is 0 Å². The first-order chi connectivity index (χ1) is 26.3. The topological polar surface area (TPSA) is 0 Å². The van der Waals surface area contributed by atoms with Crippen LogP contribution in [0.4, 0.5) is 0 Å². The Labute approximate surface area is 304 Å². The first kappa shape index (κ1) is 24.7. The third kappa shape index (κ3) is 2.08. The predicted molar refractivity (Wildman–Crippen MR) is 220 cm³/mol. The van der Waals surface area contributed by atoms with Gasteiger partial charge >= 0.3 is 0 Å². The smallest absolute Gasteiger partial charge is 0.0180 e. The molecule has 0 nitrogen and oxygen atoms in total. The molecule has 0 saturated carbocycles. The highest BCUT2D eigenvalue weighted by atomic mass is 14.6. The third-order valence-corrected chi connectivity index (χ3v) is 17.3. The number of hydrogen-bond acceptors (Lipinski definition) is 0. The summed E-state index contributed by atoms with van der Waals surface area (Å²) >= 11 is 0. The van der Waals surface area contributed by atoms with Crippen LogP contribution < -0.4 is 0 Å². The normalized spacial score (nSPS) is 26.4. The average molecular weight is 667 g/mol. The van der Waals surface area contributed by atoms with Gasteiger partial charge in [-0.3, -0.25) is 0 Å². The van der Waals surface area contributed by atoms with Crippen LogP contribution in [0.25, 0.3) is 103 Å². The largest absolute Gasteiger partial charge is 0.0714 e. The van der Waals surface area contributed by atoms with Crippen LogP contribution >= 0.6 is 0 Å². The summed E-state index contributed by atoms with van der Waals surface area (Å²) in [5, 5.41) is 26.3. The highest BCUT2D eigenvalue weighted by molar-refractivity contribution is 6.59. The number of hydrogen-bond donors (Lipinski definition) is 0. The van der Waals surface area contributed by atoms with Crippen LogP contribution in [0, 0.1) is 12.8 Å². The number of aryl methyl sites for hydroxylation is 1. The molecule has 0 spiro atoms. The van der Waals surface area contributed by atoms with Crippen molar-refractivity contribution in [3.05, 3.63) is 135 Å². The minimum atomic E-state index is 0.492. The maximum atomic E-state index is 2.83. The van der Waals surface area contributed by atoms with Crippen LogP contribution in [-0.4, -0.2) is 0 Å². The van der Waals surface area contributed by atoms with E-state index < -0.39 is 0 Å². The standard InChI is InChI=1S/C53H30/c1-19-2-4-20(5-3-19)21-6-8-22(9-7-21)31-18-32-29-15-14-27-25-11-10-23-24-12-13-26-28-16-17-30-33(31)43-42(32)47-40(29)38(27)45-35(25)34(23)44-36(24)37(26)46-39(28)41(30)48(43)53-51(46)49(44)50(45)52(47)53/h2-9,12-13,16-18,23,25,27,29,32,42H,10-11,14-15H2,1H3. The van der Waals surface area contributed by atoms with Crippen molar-refractivity contribution in [2.45, 2.75) is 62.2 Å². The Morgan fingerprint density at radius 1 is 0.396 bits per heavy atom. The van der Waals surface area contributed by atoms with E-state index in [0.717, 1.165) is 11.8 Å². The lowest BCUT2D eigenvalue weighted by Crippen LogP contribution is -2.21. The van der Waals surface area contributed by atoms with E-state index in [1.165, 1.54) is 69.7 Å². The Kier molecular flexibility index (Phi) is 3.31. The number of benzene rings is 8. The summed E-state index contributed by atoms with van der Waals surface area (Å²) in [5.41, 5.74) is 20.9. The third-order valence-electron chi connectivity index (χ3n) is 17.3. The Bertz CT molecular complexity index is 3680. The molecular formula is C53H30. The fourth-order valence-electron chi connectivity index (χ4n) is 16.0. The van der Waals surface area contributed by atoms with Gasteiger partial charge in [-0.15, -0.1) is 0 Å². The van der Waals surface area contributed by atoms with Gasteiger partial charge < -0.3 is 0 Å². The molecule has 0 heterocycles. The van der Waals surface area contributed by atoms with E-state index >= 15 is 0 Å². The van der Waals surface area contributed by atoms with E-state index in [0.29, 0.717) is 23.7 Å². The summed E-state index contributed by atoms with van der Waals surface area (Å²) < 4.78 is 0. The van der Waals surface area contributed by atoms with Crippen LogP contribution in [0.15, 0.2) is 78.9 Å². The zero-order valence-electron chi connectivity index (χ0n) is 29.3. The number of fused-ring (bicyclic) bond motifs is 5. The minimum absolute atomic E-state index is 0.492. The van der Waals surface area contributed by atoms with E-state index in [9.17, 15) is 0 Å². The molecule has 7 aliphatic rings. The van der Waals surface area contributed by atoms with Crippen LogP contribution in [-0.2, 0) is 0 Å². The maximum Gasteiger partial charge on any atom is 0.0180 e. The maximum absolute atomic E-state index is 2.83. The minimum Gasteiger partial charge on any atom is -0.0714 e. The lowest BCUT2D eigenvalue weighted by atomic mass is 9.68. The molecule has 18 rings (SSSR count). The van der Waals surface area contributed by atoms with Gasteiger partial charge in [-0.2, -0.15) is 0 Å². The van der Waals surface area contributed by atoms with Crippen LogP contribution in [0.1, 0.15) is 111 Å². The summed E-state index contributed by atoms with van der Waals surface area (Å²) in [6.45, 7) is 2.18. The molecule has 0 aromatic heterocycles. The summed E-state index contributed by atoms with van der Waals surface area (Å²) in [6.07, 6.45) is 8.27. The van der Waals surface area contributed by atoms with Crippen molar-refractivity contribution >= 4 is 91.8 Å². The molecule has 0 saturated heterocycles. The molecule has 6 atom stereocenters. The van der Waals surface area contributed by atoms with Gasteiger partial charge in [0.05, 0.1) is 0 Å². The van der Waals surface area contributed by atoms with E-state index in [1.807, 2.05) is 16.7 Å². The quantitative estimate of drug-likeness (QED) is 0.161. The average Bonchev–Trinajstić information content (AvgIpc) is 4.02. The fourth-order valence-corrected chi connectivity index (χ4v) is 16.0. The van der Waals surface area contributed by atoms with Gasteiger partial charge in [0.1, 0.15) is 0 Å². The molecular weight excluding hydrogens is 637 g/mol. The second kappa shape index (κ2) is 7.11. The summed E-state index contributed by atoms with van der Waals surface area (Å²) in [5.74, 6) is 3.71. The van der Waals surface area contributed by atoms with Crippen molar-refractivity contribution in [3.8, 4) is 11.1 Å². The highest BCUT2D eigenvalue weighted by Gasteiger charge is 2.57. The molecule has 6 unspecified atom stereocenters. The first-order valence-electron chi connectivity index (χ1n) is 20.5. The Morgan fingerprint density at radius 2 is 0.962 bits per heavy atom. The Morgan fingerprint density at radius 3 is 1.81 bits per heavy atom. The van der Waals surface area contributed by atoms with Crippen molar-refractivity contribution in [2.75, 3.05) is 0 Å². The van der Waals surface area contributed by atoms with Crippen molar-refractivity contribution in [1.82, 2.24) is 0 Å². The molecule has 0 fully saturated rings. The van der Waals surface area contributed by atoms with Crippen molar-refractivity contribution in [2.24, 2.45) is 5.92 Å². The van der Waals surface area contributed by atoms with Crippen LogP contribution in [0.3, 0.4) is 0 Å². The summed E-state index contributed by atoms with van der Waals surface area (Å²) in [4.78, 5) is 0. The molecule has 0 aliphatic heterocycles. The van der Waals surface area contributed by atoms with Gasteiger partial charge in [0.2, 0.25) is 0 Å². The monoisotopic (exact) mass is 666 g/mol. The molecule has 53 heavy (non-hydrogen) atoms. The van der Waals surface area contributed by atoms with Gasteiger partial charge in [0, 0.05) is 11.8 Å². The zero-order valence-corrected chi connectivity index (χ0v) is 29.3. The second-order valence-corrected chi connectivity index (χ2v) is 18.7. The van der Waals surface area contributed by atoms with E-state index in [-0.39, 0.29) is 0 Å². The van der Waals surface area contributed by atoms with E-state index in [4.69, 9.17) is 0 Å². The van der Waals surface area contributed by atoms with Crippen molar-refractivity contribution < 1.29 is 0 Å². The van der Waals surface area contributed by atoms with Gasteiger partial charge in [0.25, 0.3) is 0 Å². The lowest BCUT2D eigenvalue weighted by Gasteiger charge is -2.35. The SMILES string of the molecule is Cc1ccc(-c2ccc(C3=CC4C5CCC6c7c5c5c8c9c7c7c%10c%11c%12c(ccc%13c%14ccc%15c3c(c3c%15c%14c(c%13%12)c(c38)c%119)C54)C%10CCC76)cc2)cc1. The van der Waals surface area contributed by atoms with E-state index in [2.05, 4.69) is 85.8 Å². The van der Waals surface area contributed by atoms with Crippen molar-refractivity contribution in [1.29, 1.82) is 0 Å². The van der Waals surface area contributed by atoms with E-state index in [1.54, 1.807) is 97.8 Å². The highest BCUT2D eigenvalue weighted by Crippen LogP contribution is 2.76. The lowest BCUT2D eigenvalue weighted by molar-refractivity contribution is 0.377. The van der Waals surface area contributed by atoms with Gasteiger partial charge in [-0.1, -0.05) is 84.4 Å². The molecule has 242 valence electrons. The Balaban J connectivity index is 1.10. The molecule has 0 heteroatoms. The van der Waals surface area contributed by atoms with Crippen LogP contribution in [0.2, 0.25) is 0 Å². The number of allylic oxidation sites excluding steroid dienone is 1.